The quantitative estimate of drug-likeness (QED) is 0.456. The van der Waals surface area contributed by atoms with Crippen LogP contribution in [-0.2, 0) is 24.3 Å². The number of aldehydes is 1. The molecule has 4 rings (SSSR count). The Morgan fingerprint density at radius 2 is 2.09 bits per heavy atom. The molecular weight excluding hydrogens is 451 g/mol. The van der Waals surface area contributed by atoms with Crippen LogP contribution in [0.3, 0.4) is 0 Å². The first kappa shape index (κ1) is 24.2. The van der Waals surface area contributed by atoms with Crippen LogP contribution in [0.25, 0.3) is 0 Å². The van der Waals surface area contributed by atoms with Crippen LogP contribution in [0.15, 0.2) is 48.9 Å². The first-order valence-corrected chi connectivity index (χ1v) is 11.2. The highest BCUT2D eigenvalue weighted by Crippen LogP contribution is 2.37. The first-order valence-electron chi connectivity index (χ1n) is 11.2. The van der Waals surface area contributed by atoms with E-state index in [9.17, 15) is 23.9 Å². The van der Waals surface area contributed by atoms with Gasteiger partial charge in [-0.15, -0.1) is 0 Å². The fourth-order valence-electron chi connectivity index (χ4n) is 4.50. The van der Waals surface area contributed by atoms with Gasteiger partial charge in [0.2, 0.25) is 0 Å². The molecule has 0 saturated carbocycles. The molecule has 0 spiro atoms. The predicted octanol–water partition coefficient (Wildman–Crippen LogP) is 3.24. The number of aromatic nitrogens is 2. The van der Waals surface area contributed by atoms with E-state index < -0.39 is 11.9 Å². The zero-order valence-electron chi connectivity index (χ0n) is 19.2. The Labute approximate surface area is 201 Å². The van der Waals surface area contributed by atoms with Crippen molar-refractivity contribution < 1.29 is 23.9 Å². The van der Waals surface area contributed by atoms with Crippen LogP contribution in [0.4, 0.5) is 4.39 Å². The summed E-state index contributed by atoms with van der Waals surface area (Å²) >= 11 is 0. The van der Waals surface area contributed by atoms with E-state index in [4.69, 9.17) is 0 Å². The molecule has 8 nitrogen and oxygen atoms in total. The van der Waals surface area contributed by atoms with Crippen molar-refractivity contribution in [3.63, 3.8) is 0 Å². The van der Waals surface area contributed by atoms with Crippen LogP contribution in [0.2, 0.25) is 0 Å². The number of rotatable bonds is 9. The number of amides is 1. The maximum atomic E-state index is 13.5. The lowest BCUT2D eigenvalue weighted by atomic mass is 10.0. The second-order valence-corrected chi connectivity index (χ2v) is 8.59. The van der Waals surface area contributed by atoms with Crippen molar-refractivity contribution in [3.8, 4) is 0 Å². The third-order valence-electron chi connectivity index (χ3n) is 6.18. The van der Waals surface area contributed by atoms with Crippen molar-refractivity contribution in [2.75, 3.05) is 6.54 Å². The number of carbonyl (C=O) groups is 3. The number of nitrogens with one attached hydrogen (secondary N) is 1. The lowest BCUT2D eigenvalue weighted by Crippen LogP contribution is -2.34. The monoisotopic (exact) mass is 476 g/mol. The van der Waals surface area contributed by atoms with E-state index >= 15 is 0 Å². The molecule has 9 heteroatoms. The van der Waals surface area contributed by atoms with Gasteiger partial charge in [0.15, 0.2) is 0 Å². The van der Waals surface area contributed by atoms with Gasteiger partial charge in [-0.2, -0.15) is 0 Å². The minimum Gasteiger partial charge on any atom is -0.480 e. The van der Waals surface area contributed by atoms with Crippen molar-refractivity contribution in [1.82, 2.24) is 20.2 Å². The lowest BCUT2D eigenvalue weighted by Gasteiger charge is -2.28. The number of benzene rings is 2. The van der Waals surface area contributed by atoms with E-state index in [1.807, 2.05) is 12.1 Å². The van der Waals surface area contributed by atoms with Crippen molar-refractivity contribution in [2.45, 2.75) is 38.9 Å². The molecule has 3 aromatic rings. The Morgan fingerprint density at radius 1 is 1.26 bits per heavy atom. The van der Waals surface area contributed by atoms with Crippen LogP contribution >= 0.6 is 0 Å². The summed E-state index contributed by atoms with van der Waals surface area (Å²) in [5.74, 6) is -1.73. The number of halogens is 1. The second kappa shape index (κ2) is 10.5. The number of carboxylic acids is 1. The van der Waals surface area contributed by atoms with E-state index in [0.717, 1.165) is 29.4 Å². The van der Waals surface area contributed by atoms with E-state index in [0.29, 0.717) is 23.1 Å². The molecule has 1 aromatic heterocycles. The Hall–Kier alpha value is -3.98. The normalized spacial score (nSPS) is 14.5. The molecule has 180 valence electrons. The van der Waals surface area contributed by atoms with Gasteiger partial charge in [-0.1, -0.05) is 24.3 Å². The molecule has 0 bridgehead atoms. The van der Waals surface area contributed by atoms with Crippen molar-refractivity contribution in [2.24, 2.45) is 0 Å². The van der Waals surface area contributed by atoms with Crippen LogP contribution in [0.1, 0.15) is 61.1 Å². The van der Waals surface area contributed by atoms with E-state index in [-0.39, 0.29) is 37.2 Å². The topological polar surface area (TPSA) is 112 Å². The first-order chi connectivity index (χ1) is 16.9. The van der Waals surface area contributed by atoms with E-state index in [1.54, 1.807) is 30.0 Å². The van der Waals surface area contributed by atoms with Gasteiger partial charge in [0.05, 0.1) is 6.54 Å². The zero-order chi connectivity index (χ0) is 24.9. The smallest absolute Gasteiger partial charge is 0.317 e. The molecule has 0 fully saturated rings. The minimum atomic E-state index is -0.988. The van der Waals surface area contributed by atoms with Gasteiger partial charge in [-0.3, -0.25) is 19.3 Å². The van der Waals surface area contributed by atoms with Gasteiger partial charge in [-0.05, 0) is 54.2 Å². The average Bonchev–Trinajstić information content (AvgIpc) is 3.27. The maximum absolute atomic E-state index is 13.5. The van der Waals surface area contributed by atoms with Crippen molar-refractivity contribution >= 4 is 18.2 Å². The van der Waals surface area contributed by atoms with Gasteiger partial charge in [0, 0.05) is 36.5 Å². The molecule has 1 heterocycles. The van der Waals surface area contributed by atoms with Crippen molar-refractivity contribution in [1.29, 1.82) is 0 Å². The van der Waals surface area contributed by atoms with Gasteiger partial charge in [-0.25, -0.2) is 14.4 Å². The molecule has 0 radical (unpaired) electrons. The molecule has 2 aromatic carbocycles. The maximum Gasteiger partial charge on any atom is 0.317 e. The van der Waals surface area contributed by atoms with Crippen LogP contribution in [0, 0.1) is 12.7 Å². The van der Waals surface area contributed by atoms with Crippen LogP contribution in [-0.4, -0.2) is 44.7 Å². The molecule has 1 amide bonds. The molecule has 1 atom stereocenters. The minimum absolute atomic E-state index is 0.156. The van der Waals surface area contributed by atoms with E-state index in [1.165, 1.54) is 18.6 Å². The SMILES string of the molecule is Cc1cc(CNC(=O)c2ncncc2CN(CC(=O)O)C2CCc3cc(C=O)ccc32)ccc1F. The highest BCUT2D eigenvalue weighted by atomic mass is 19.1. The number of nitrogens with zero attached hydrogens (tertiary/aromatic N) is 3. The van der Waals surface area contributed by atoms with Crippen LogP contribution in [0.5, 0.6) is 0 Å². The highest BCUT2D eigenvalue weighted by molar-refractivity contribution is 5.93. The second-order valence-electron chi connectivity index (χ2n) is 8.59. The molecule has 0 aliphatic heterocycles. The number of carbonyl (C=O) groups excluding carboxylic acids is 2. The fraction of sp³-hybridized carbons (Fsp3) is 0.269. The molecule has 1 aliphatic rings. The molecule has 35 heavy (non-hydrogen) atoms. The summed E-state index contributed by atoms with van der Waals surface area (Å²) in [5, 5.41) is 12.4. The zero-order valence-corrected chi connectivity index (χ0v) is 19.2. The third kappa shape index (κ3) is 5.58. The molecule has 1 aliphatic carbocycles. The van der Waals surface area contributed by atoms with Gasteiger partial charge in [0.1, 0.15) is 24.1 Å². The Balaban J connectivity index is 1.54. The predicted molar refractivity (Wildman–Crippen MR) is 125 cm³/mol. The summed E-state index contributed by atoms with van der Waals surface area (Å²) in [6.07, 6.45) is 5.01. The van der Waals surface area contributed by atoms with Gasteiger partial charge in [0.25, 0.3) is 5.91 Å². The Bertz CT molecular complexity index is 1280. The molecule has 1 unspecified atom stereocenters. The number of aryl methyl sites for hydroxylation is 2. The number of carboxylic acid groups (broad SMARTS) is 1. The average molecular weight is 477 g/mol. The summed E-state index contributed by atoms with van der Waals surface area (Å²) in [4.78, 5) is 45.7. The third-order valence-corrected chi connectivity index (χ3v) is 6.18. The molecular formula is C26H25FN4O4. The number of hydrogen-bond acceptors (Lipinski definition) is 6. The van der Waals surface area contributed by atoms with Crippen molar-refractivity contribution in [3.05, 3.63) is 93.8 Å². The summed E-state index contributed by atoms with van der Waals surface area (Å²) in [6.45, 7) is 1.77. The fourth-order valence-corrected chi connectivity index (χ4v) is 4.50. The largest absolute Gasteiger partial charge is 0.480 e. The number of aliphatic carboxylic acids is 1. The summed E-state index contributed by atoms with van der Waals surface area (Å²) in [6, 6.07) is 9.87. The number of fused-ring (bicyclic) bond motifs is 1. The summed E-state index contributed by atoms with van der Waals surface area (Å²) < 4.78 is 13.5. The molecule has 2 N–H and O–H groups in total. The van der Waals surface area contributed by atoms with E-state index in [2.05, 4.69) is 15.3 Å². The Kier molecular flexibility index (Phi) is 7.26. The highest BCUT2D eigenvalue weighted by Gasteiger charge is 2.30. The van der Waals surface area contributed by atoms with Crippen LogP contribution < -0.4 is 5.32 Å². The summed E-state index contributed by atoms with van der Waals surface area (Å²) in [7, 11) is 0. The lowest BCUT2D eigenvalue weighted by molar-refractivity contribution is -0.139. The number of hydrogen-bond donors (Lipinski definition) is 2. The Morgan fingerprint density at radius 3 is 2.83 bits per heavy atom. The standard InChI is InChI=1S/C26H25FN4O4/c1-16-8-17(3-6-22(16)27)10-29-26(35)25-20(11-28-15-30-25)12-31(13-24(33)34)23-7-4-19-9-18(14-32)2-5-21(19)23/h2-3,5-6,8-9,11,14-15,23H,4,7,10,12-13H2,1H3,(H,29,35)(H,33,34). The summed E-state index contributed by atoms with van der Waals surface area (Å²) in [5.41, 5.74) is 4.47. The van der Waals surface area contributed by atoms with Gasteiger partial charge < -0.3 is 10.4 Å². The van der Waals surface area contributed by atoms with Gasteiger partial charge >= 0.3 is 5.97 Å². The molecule has 0 saturated heterocycles.